The summed E-state index contributed by atoms with van der Waals surface area (Å²) in [6.45, 7) is -4.02. The Morgan fingerprint density at radius 3 is 1.56 bits per heavy atom. The summed E-state index contributed by atoms with van der Waals surface area (Å²) < 4.78 is 107. The first-order valence-corrected chi connectivity index (χ1v) is 6.17. The molecule has 4 N–H and O–H groups in total. The molecule has 0 heterocycles. The van der Waals surface area contributed by atoms with Crippen molar-refractivity contribution in [2.45, 2.75) is 24.1 Å². The van der Waals surface area contributed by atoms with E-state index < -0.39 is 62.2 Å². The van der Waals surface area contributed by atoms with Gasteiger partial charge in [0.1, 0.15) is 0 Å². The number of carbonyl (C=O) groups excluding carboxylic acids is 2. The summed E-state index contributed by atoms with van der Waals surface area (Å²) in [5.41, 5.74) is 0. The van der Waals surface area contributed by atoms with Crippen molar-refractivity contribution < 1.29 is 59.7 Å². The molecule has 15 heteroatoms. The van der Waals surface area contributed by atoms with E-state index in [1.807, 2.05) is 0 Å². The Hall–Kier alpha value is -1.74. The van der Waals surface area contributed by atoms with Crippen LogP contribution in [-0.2, 0) is 14.3 Å². The van der Waals surface area contributed by atoms with Crippen LogP contribution in [0.15, 0.2) is 0 Å². The van der Waals surface area contributed by atoms with Gasteiger partial charge in [0.2, 0.25) is 0 Å². The average Bonchev–Trinajstić information content (AvgIpc) is 2.47. The van der Waals surface area contributed by atoms with Crippen molar-refractivity contribution in [3.8, 4) is 0 Å². The van der Waals surface area contributed by atoms with Gasteiger partial charge in [-0.25, -0.2) is 0 Å². The largest absolute Gasteiger partial charge is 0.458 e. The zero-order chi connectivity index (χ0) is 20.1. The Bertz CT molecular complexity index is 486. The molecule has 0 aromatic heterocycles. The molecule has 148 valence electrons. The molecule has 0 fully saturated rings. The van der Waals surface area contributed by atoms with E-state index in [9.17, 15) is 44.7 Å². The van der Waals surface area contributed by atoms with Crippen molar-refractivity contribution in [3.05, 3.63) is 0 Å². The zero-order valence-corrected chi connectivity index (χ0v) is 12.0. The van der Waals surface area contributed by atoms with E-state index >= 15 is 0 Å². The number of aliphatic hydroxyl groups is 2. The summed E-state index contributed by atoms with van der Waals surface area (Å²) in [5, 5.41) is 18.6. The highest BCUT2D eigenvalue weighted by molar-refractivity contribution is 5.86. The van der Waals surface area contributed by atoms with E-state index in [1.54, 1.807) is 0 Å². The van der Waals surface area contributed by atoms with Crippen LogP contribution < -0.4 is 10.6 Å². The van der Waals surface area contributed by atoms with Crippen LogP contribution in [0.3, 0.4) is 0 Å². The van der Waals surface area contributed by atoms with Crippen LogP contribution in [-0.4, -0.2) is 72.4 Å². The fourth-order valence-electron chi connectivity index (χ4n) is 1.17. The van der Waals surface area contributed by atoms with Gasteiger partial charge in [-0.05, 0) is 0 Å². The summed E-state index contributed by atoms with van der Waals surface area (Å²) in [4.78, 5) is 21.9. The average molecular weight is 392 g/mol. The van der Waals surface area contributed by atoms with Gasteiger partial charge in [-0.15, -0.1) is 0 Å². The molecule has 0 aliphatic carbocycles. The first kappa shape index (κ1) is 23.3. The van der Waals surface area contributed by atoms with Crippen molar-refractivity contribution >= 4 is 11.8 Å². The van der Waals surface area contributed by atoms with Gasteiger partial charge in [-0.2, -0.15) is 35.1 Å². The molecular formula is C10H12F8N2O5. The van der Waals surface area contributed by atoms with Crippen molar-refractivity contribution in [1.82, 2.24) is 10.6 Å². The number of hydrogen-bond acceptors (Lipinski definition) is 5. The van der Waals surface area contributed by atoms with E-state index in [-0.39, 0.29) is 0 Å². The van der Waals surface area contributed by atoms with Crippen LogP contribution in [0.1, 0.15) is 0 Å². The van der Waals surface area contributed by atoms with Crippen LogP contribution in [0, 0.1) is 0 Å². The Balaban J connectivity index is 5.66. The number of halogens is 8. The van der Waals surface area contributed by atoms with Gasteiger partial charge >= 0.3 is 24.1 Å². The number of rotatable bonds is 9. The molecule has 0 saturated heterocycles. The van der Waals surface area contributed by atoms with E-state index in [2.05, 4.69) is 4.74 Å². The lowest BCUT2D eigenvalue weighted by atomic mass is 10.2. The van der Waals surface area contributed by atoms with Crippen molar-refractivity contribution in [1.29, 1.82) is 0 Å². The first-order valence-electron chi connectivity index (χ1n) is 6.17. The lowest BCUT2D eigenvalue weighted by Gasteiger charge is -2.32. The Labute approximate surface area is 133 Å². The highest BCUT2D eigenvalue weighted by Crippen LogP contribution is 2.44. The Kier molecular flexibility index (Phi) is 7.53. The lowest BCUT2D eigenvalue weighted by molar-refractivity contribution is -0.428. The minimum absolute atomic E-state index is 0.971. The van der Waals surface area contributed by atoms with Crippen molar-refractivity contribution in [3.63, 3.8) is 0 Å². The second-order valence-corrected chi connectivity index (χ2v) is 4.25. The van der Waals surface area contributed by atoms with E-state index in [4.69, 9.17) is 10.2 Å². The molecule has 0 saturated carbocycles. The van der Waals surface area contributed by atoms with Gasteiger partial charge in [0.25, 0.3) is 11.8 Å². The minimum atomic E-state index is -6.53. The van der Waals surface area contributed by atoms with Crippen molar-refractivity contribution in [2.75, 3.05) is 26.3 Å². The predicted octanol–water partition coefficient (Wildman–Crippen LogP) is -0.324. The lowest BCUT2D eigenvalue weighted by Crippen LogP contribution is -2.63. The van der Waals surface area contributed by atoms with Gasteiger partial charge in [0.15, 0.2) is 0 Å². The molecule has 7 nitrogen and oxygen atoms in total. The smallest absolute Gasteiger partial charge is 0.395 e. The standard InChI is InChI=1S/C10H12F8N2O5/c11-7(12,5(23)19-1-3-21)10(17,18)25-8(13,9(14,15)16)6(24)20-2-4-22/h21-22H,1-4H2,(H,19,23)(H,20,24). The highest BCUT2D eigenvalue weighted by atomic mass is 19.4. The maximum atomic E-state index is 13.7. The monoisotopic (exact) mass is 392 g/mol. The molecule has 0 rings (SSSR count). The minimum Gasteiger partial charge on any atom is -0.395 e. The van der Waals surface area contributed by atoms with Crippen molar-refractivity contribution in [2.24, 2.45) is 0 Å². The molecule has 0 spiro atoms. The third-order valence-electron chi connectivity index (χ3n) is 2.37. The van der Waals surface area contributed by atoms with Crippen LogP contribution in [0.25, 0.3) is 0 Å². The third-order valence-corrected chi connectivity index (χ3v) is 2.37. The van der Waals surface area contributed by atoms with Crippen LogP contribution in [0.2, 0.25) is 0 Å². The molecule has 25 heavy (non-hydrogen) atoms. The van der Waals surface area contributed by atoms with E-state index in [1.165, 1.54) is 0 Å². The Morgan fingerprint density at radius 1 is 0.800 bits per heavy atom. The second kappa shape index (κ2) is 8.09. The number of hydrogen-bond donors (Lipinski definition) is 4. The molecule has 2 amide bonds. The molecule has 0 radical (unpaired) electrons. The number of ether oxygens (including phenoxy) is 1. The van der Waals surface area contributed by atoms with E-state index in [0.717, 1.165) is 10.6 Å². The fraction of sp³-hybridized carbons (Fsp3) is 0.800. The molecule has 0 aliphatic rings. The molecule has 0 aliphatic heterocycles. The summed E-state index contributed by atoms with van der Waals surface area (Å²) in [5.74, 6) is -17.8. The Morgan fingerprint density at radius 2 is 1.20 bits per heavy atom. The maximum Gasteiger partial charge on any atom is 0.458 e. The van der Waals surface area contributed by atoms with Crippen LogP contribution in [0.4, 0.5) is 35.1 Å². The van der Waals surface area contributed by atoms with Crippen LogP contribution >= 0.6 is 0 Å². The number of aliphatic hydroxyl groups excluding tert-OH is 2. The SMILES string of the molecule is O=C(NCCO)C(F)(F)C(F)(F)OC(F)(C(=O)NCCO)C(F)(F)F. The first-order chi connectivity index (χ1) is 11.2. The van der Waals surface area contributed by atoms with Gasteiger partial charge in [0.05, 0.1) is 13.2 Å². The van der Waals surface area contributed by atoms with Crippen LogP contribution in [0.5, 0.6) is 0 Å². The number of amides is 2. The highest BCUT2D eigenvalue weighted by Gasteiger charge is 2.74. The second-order valence-electron chi connectivity index (χ2n) is 4.25. The number of nitrogens with one attached hydrogen (secondary N) is 2. The topological polar surface area (TPSA) is 108 Å². The summed E-state index contributed by atoms with van der Waals surface area (Å²) >= 11 is 0. The number of carbonyl (C=O) groups is 2. The van der Waals surface area contributed by atoms with Gasteiger partial charge in [-0.1, -0.05) is 0 Å². The maximum absolute atomic E-state index is 13.7. The quantitative estimate of drug-likeness (QED) is 0.402. The summed E-state index contributed by atoms with van der Waals surface area (Å²) in [6, 6.07) is 0. The van der Waals surface area contributed by atoms with Gasteiger partial charge in [-0.3, -0.25) is 14.3 Å². The predicted molar refractivity (Wildman–Crippen MR) is 61.1 cm³/mol. The molecule has 1 atom stereocenters. The zero-order valence-electron chi connectivity index (χ0n) is 12.0. The van der Waals surface area contributed by atoms with Gasteiger partial charge < -0.3 is 20.8 Å². The molecule has 0 aromatic rings. The van der Waals surface area contributed by atoms with Gasteiger partial charge in [0, 0.05) is 13.1 Å². The van der Waals surface area contributed by atoms with E-state index in [0.29, 0.717) is 0 Å². The normalized spacial score (nSPS) is 15.4. The molecular weight excluding hydrogens is 380 g/mol. The molecule has 0 aromatic carbocycles. The molecule has 1 unspecified atom stereocenters. The molecule has 0 bridgehead atoms. The summed E-state index contributed by atoms with van der Waals surface area (Å²) in [6.07, 6.45) is -12.9. The summed E-state index contributed by atoms with van der Waals surface area (Å²) in [7, 11) is 0. The number of alkyl halides is 8. The third kappa shape index (κ3) is 5.12. The fourth-order valence-corrected chi connectivity index (χ4v) is 1.17.